The van der Waals surface area contributed by atoms with Crippen molar-refractivity contribution in [2.75, 3.05) is 7.11 Å². The van der Waals surface area contributed by atoms with Gasteiger partial charge in [0.2, 0.25) is 5.91 Å². The number of amides is 2. The predicted molar refractivity (Wildman–Crippen MR) is 101 cm³/mol. The number of benzene rings is 2. The molecule has 0 saturated carbocycles. The van der Waals surface area contributed by atoms with E-state index in [1.807, 2.05) is 24.3 Å². The van der Waals surface area contributed by atoms with Crippen LogP contribution in [-0.4, -0.2) is 24.6 Å². The lowest BCUT2D eigenvalue weighted by molar-refractivity contribution is -0.120. The maximum Gasteiger partial charge on any atom is 0.271 e. The Morgan fingerprint density at radius 1 is 1.15 bits per heavy atom. The summed E-state index contributed by atoms with van der Waals surface area (Å²) in [5, 5.41) is 7.22. The first-order valence-corrected chi connectivity index (χ1v) is 8.34. The topological polar surface area (TPSA) is 79.8 Å². The molecule has 0 spiro atoms. The van der Waals surface area contributed by atoms with Gasteiger partial charge in [-0.25, -0.2) is 5.43 Å². The number of nitrogens with zero attached hydrogens (tertiary/aromatic N) is 1. The molecule has 0 aromatic heterocycles. The molecule has 0 atom stereocenters. The molecule has 2 aromatic rings. The maximum atomic E-state index is 12.0. The van der Waals surface area contributed by atoms with Crippen molar-refractivity contribution in [1.82, 2.24) is 10.7 Å². The summed E-state index contributed by atoms with van der Waals surface area (Å²) < 4.78 is 5.09. The average Bonchev–Trinajstić information content (AvgIpc) is 2.65. The lowest BCUT2D eigenvalue weighted by Crippen LogP contribution is -2.26. The minimum atomic E-state index is -0.384. The van der Waals surface area contributed by atoms with Crippen LogP contribution >= 0.6 is 11.6 Å². The summed E-state index contributed by atoms with van der Waals surface area (Å²) in [7, 11) is 1.60. The van der Waals surface area contributed by atoms with E-state index >= 15 is 0 Å². The van der Waals surface area contributed by atoms with Crippen LogP contribution in [0.15, 0.2) is 53.6 Å². The van der Waals surface area contributed by atoms with Crippen molar-refractivity contribution in [2.24, 2.45) is 5.10 Å². The SMILES string of the molecule is COc1ccc(CNC(=O)CC(C)=NNC(=O)c2cccc(Cl)c2)cc1. The van der Waals surface area contributed by atoms with Crippen LogP contribution in [0.2, 0.25) is 5.02 Å². The van der Waals surface area contributed by atoms with Crippen molar-refractivity contribution in [3.63, 3.8) is 0 Å². The summed E-state index contributed by atoms with van der Waals surface area (Å²) in [5.74, 6) is 0.197. The lowest BCUT2D eigenvalue weighted by atomic mass is 10.2. The van der Waals surface area contributed by atoms with Gasteiger partial charge in [0.05, 0.1) is 13.5 Å². The van der Waals surface area contributed by atoms with Crippen LogP contribution in [-0.2, 0) is 11.3 Å². The van der Waals surface area contributed by atoms with E-state index in [4.69, 9.17) is 16.3 Å². The molecule has 0 radical (unpaired) electrons. The Hall–Kier alpha value is -2.86. The molecular weight excluding hydrogens is 354 g/mol. The van der Waals surface area contributed by atoms with Crippen LogP contribution in [0.25, 0.3) is 0 Å². The Morgan fingerprint density at radius 3 is 2.54 bits per heavy atom. The van der Waals surface area contributed by atoms with Crippen molar-refractivity contribution in [2.45, 2.75) is 19.9 Å². The molecule has 0 aliphatic heterocycles. The second-order valence-corrected chi connectivity index (χ2v) is 6.04. The molecule has 2 amide bonds. The van der Waals surface area contributed by atoms with E-state index in [0.717, 1.165) is 11.3 Å². The maximum absolute atomic E-state index is 12.0. The highest BCUT2D eigenvalue weighted by Gasteiger charge is 2.07. The highest BCUT2D eigenvalue weighted by molar-refractivity contribution is 6.30. The third-order valence-electron chi connectivity index (χ3n) is 3.50. The van der Waals surface area contributed by atoms with Gasteiger partial charge in [0.15, 0.2) is 0 Å². The van der Waals surface area contributed by atoms with Crippen LogP contribution in [0.3, 0.4) is 0 Å². The molecule has 6 nitrogen and oxygen atoms in total. The zero-order valence-electron chi connectivity index (χ0n) is 14.6. The molecule has 136 valence electrons. The number of methoxy groups -OCH3 is 1. The molecule has 0 aliphatic carbocycles. The summed E-state index contributed by atoms with van der Waals surface area (Å²) in [5.41, 5.74) is 4.27. The van der Waals surface area contributed by atoms with Gasteiger partial charge in [0, 0.05) is 22.8 Å². The summed E-state index contributed by atoms with van der Waals surface area (Å²) in [6.45, 7) is 2.08. The number of carbonyl (C=O) groups excluding carboxylic acids is 2. The van der Waals surface area contributed by atoms with Crippen LogP contribution in [0, 0.1) is 0 Å². The predicted octanol–water partition coefficient (Wildman–Crippen LogP) is 3.16. The van der Waals surface area contributed by atoms with Crippen LogP contribution < -0.4 is 15.5 Å². The Bertz CT molecular complexity index is 804. The molecule has 0 unspecified atom stereocenters. The molecule has 2 aromatic carbocycles. The van der Waals surface area contributed by atoms with Crippen molar-refractivity contribution in [3.05, 3.63) is 64.7 Å². The number of rotatable bonds is 7. The zero-order chi connectivity index (χ0) is 18.9. The van der Waals surface area contributed by atoms with E-state index in [2.05, 4.69) is 15.8 Å². The fourth-order valence-electron chi connectivity index (χ4n) is 2.12. The summed E-state index contributed by atoms with van der Waals surface area (Å²) in [6.07, 6.45) is 0.0893. The van der Waals surface area contributed by atoms with E-state index in [0.29, 0.717) is 22.8 Å². The molecule has 7 heteroatoms. The quantitative estimate of drug-likeness (QED) is 0.578. The number of hydrazone groups is 1. The number of ether oxygens (including phenoxy) is 1. The van der Waals surface area contributed by atoms with Gasteiger partial charge in [0.25, 0.3) is 5.91 Å². The van der Waals surface area contributed by atoms with E-state index in [-0.39, 0.29) is 18.2 Å². The van der Waals surface area contributed by atoms with Crippen molar-refractivity contribution in [1.29, 1.82) is 0 Å². The molecule has 26 heavy (non-hydrogen) atoms. The Kier molecular flexibility index (Phi) is 7.17. The van der Waals surface area contributed by atoms with Gasteiger partial charge in [-0.1, -0.05) is 29.8 Å². The van der Waals surface area contributed by atoms with Gasteiger partial charge in [-0.2, -0.15) is 5.10 Å². The third kappa shape index (κ3) is 6.22. The first kappa shape index (κ1) is 19.5. The van der Waals surface area contributed by atoms with Gasteiger partial charge in [-0.15, -0.1) is 0 Å². The Morgan fingerprint density at radius 2 is 1.88 bits per heavy atom. The molecule has 2 rings (SSSR count). The van der Waals surface area contributed by atoms with Crippen molar-refractivity contribution >= 4 is 29.1 Å². The first-order valence-electron chi connectivity index (χ1n) is 7.96. The normalized spacial score (nSPS) is 11.0. The lowest BCUT2D eigenvalue weighted by Gasteiger charge is -2.07. The number of halogens is 1. The number of hydrogen-bond donors (Lipinski definition) is 2. The minimum Gasteiger partial charge on any atom is -0.497 e. The molecule has 0 heterocycles. The second kappa shape index (κ2) is 9.58. The van der Waals surface area contributed by atoms with Crippen LogP contribution in [0.1, 0.15) is 29.3 Å². The summed E-state index contributed by atoms with van der Waals surface area (Å²) in [4.78, 5) is 23.9. The molecule has 2 N–H and O–H groups in total. The second-order valence-electron chi connectivity index (χ2n) is 5.60. The van der Waals surface area contributed by atoms with E-state index in [1.54, 1.807) is 38.3 Å². The van der Waals surface area contributed by atoms with E-state index in [1.165, 1.54) is 0 Å². The highest BCUT2D eigenvalue weighted by Crippen LogP contribution is 2.11. The Balaban J connectivity index is 1.80. The summed E-state index contributed by atoms with van der Waals surface area (Å²) >= 11 is 5.85. The summed E-state index contributed by atoms with van der Waals surface area (Å²) in [6, 6.07) is 14.0. The van der Waals surface area contributed by atoms with Crippen LogP contribution in [0.5, 0.6) is 5.75 Å². The molecule has 0 aliphatic rings. The first-order chi connectivity index (χ1) is 12.5. The van der Waals surface area contributed by atoms with Gasteiger partial charge < -0.3 is 10.1 Å². The number of hydrogen-bond acceptors (Lipinski definition) is 4. The zero-order valence-corrected chi connectivity index (χ0v) is 15.3. The van der Waals surface area contributed by atoms with Gasteiger partial charge in [0.1, 0.15) is 5.75 Å². The van der Waals surface area contributed by atoms with Crippen molar-refractivity contribution < 1.29 is 14.3 Å². The molecule has 0 bridgehead atoms. The van der Waals surface area contributed by atoms with Gasteiger partial charge in [-0.05, 0) is 42.8 Å². The minimum absolute atomic E-state index is 0.0893. The van der Waals surface area contributed by atoms with Crippen molar-refractivity contribution in [3.8, 4) is 5.75 Å². The monoisotopic (exact) mass is 373 g/mol. The number of carbonyl (C=O) groups is 2. The van der Waals surface area contributed by atoms with Gasteiger partial charge >= 0.3 is 0 Å². The van der Waals surface area contributed by atoms with E-state index < -0.39 is 0 Å². The Labute approximate surface area is 157 Å². The van der Waals surface area contributed by atoms with Gasteiger partial charge in [-0.3, -0.25) is 9.59 Å². The highest BCUT2D eigenvalue weighted by atomic mass is 35.5. The third-order valence-corrected chi connectivity index (χ3v) is 3.74. The fraction of sp³-hybridized carbons (Fsp3) is 0.211. The smallest absolute Gasteiger partial charge is 0.271 e. The van der Waals surface area contributed by atoms with Crippen LogP contribution in [0.4, 0.5) is 0 Å². The van der Waals surface area contributed by atoms with E-state index in [9.17, 15) is 9.59 Å². The average molecular weight is 374 g/mol. The largest absolute Gasteiger partial charge is 0.497 e. The number of nitrogens with one attached hydrogen (secondary N) is 2. The standard InChI is InChI=1S/C19H20ClN3O3/c1-13(22-23-19(25)15-4-3-5-16(20)11-15)10-18(24)21-12-14-6-8-17(26-2)9-7-14/h3-9,11H,10,12H2,1-2H3,(H,21,24)(H,23,25). The molecule has 0 saturated heterocycles. The fourth-order valence-corrected chi connectivity index (χ4v) is 2.31. The molecule has 0 fully saturated rings. The molecular formula is C19H20ClN3O3.